The van der Waals surface area contributed by atoms with Crippen LogP contribution in [0, 0.1) is 5.92 Å². The molecule has 0 saturated heterocycles. The van der Waals surface area contributed by atoms with E-state index in [4.69, 9.17) is 27.9 Å². The van der Waals surface area contributed by atoms with Gasteiger partial charge in [0.2, 0.25) is 16.0 Å². The molecule has 0 aliphatic heterocycles. The maximum Gasteiger partial charge on any atom is 0.252 e. The maximum absolute atomic E-state index is 12.6. The zero-order chi connectivity index (χ0) is 28.0. The molecular weight excluding hydrogens is 551 g/mol. The molecule has 1 aliphatic carbocycles. The number of carbonyl (C=O) groups excluding carboxylic acids is 1. The average Bonchev–Trinajstić information content (AvgIpc) is 2.85. The molecular formula is C25H36Cl2N6O4S. The molecule has 0 unspecified atom stereocenters. The number of aromatic nitrogens is 2. The van der Waals surface area contributed by atoms with Crippen molar-refractivity contribution in [2.24, 2.45) is 5.92 Å². The lowest BCUT2D eigenvalue weighted by Gasteiger charge is -2.36. The Hall–Kier alpha value is -2.18. The van der Waals surface area contributed by atoms with E-state index in [1.54, 1.807) is 19.2 Å². The zero-order valence-corrected chi connectivity index (χ0v) is 24.8. The summed E-state index contributed by atoms with van der Waals surface area (Å²) < 4.78 is 31.4. The smallest absolute Gasteiger partial charge is 0.252 e. The first-order valence-corrected chi connectivity index (χ1v) is 15.0. The summed E-state index contributed by atoms with van der Waals surface area (Å²) in [6.45, 7) is 1.18. The first-order valence-electron chi connectivity index (χ1n) is 12.4. The van der Waals surface area contributed by atoms with E-state index in [1.165, 1.54) is 23.9 Å². The van der Waals surface area contributed by atoms with Crippen LogP contribution in [-0.2, 0) is 16.4 Å². The molecule has 1 amide bonds. The van der Waals surface area contributed by atoms with Crippen molar-refractivity contribution in [1.29, 1.82) is 0 Å². The molecule has 1 saturated carbocycles. The van der Waals surface area contributed by atoms with Gasteiger partial charge in [-0.25, -0.2) is 22.7 Å². The Morgan fingerprint density at radius 3 is 2.53 bits per heavy atom. The highest BCUT2D eigenvalue weighted by molar-refractivity contribution is 7.88. The van der Waals surface area contributed by atoms with Crippen LogP contribution in [0.3, 0.4) is 0 Å². The Kier molecular flexibility index (Phi) is 10.6. The van der Waals surface area contributed by atoms with Gasteiger partial charge in [-0.3, -0.25) is 4.79 Å². The molecule has 2 atom stereocenters. The van der Waals surface area contributed by atoms with E-state index in [0.29, 0.717) is 47.2 Å². The van der Waals surface area contributed by atoms with Gasteiger partial charge in [0.25, 0.3) is 5.91 Å². The van der Waals surface area contributed by atoms with Crippen LogP contribution in [0.4, 0.5) is 11.6 Å². The number of hydrogen-bond donors (Lipinski definition) is 2. The van der Waals surface area contributed by atoms with Gasteiger partial charge < -0.3 is 20.3 Å². The Morgan fingerprint density at radius 1 is 1.16 bits per heavy atom. The number of anilines is 2. The third kappa shape index (κ3) is 7.92. The minimum atomic E-state index is -3.32. The van der Waals surface area contributed by atoms with E-state index in [0.717, 1.165) is 25.7 Å². The summed E-state index contributed by atoms with van der Waals surface area (Å²) in [6, 6.07) is 3.05. The lowest BCUT2D eigenvalue weighted by atomic mass is 9.81. The quantitative estimate of drug-likeness (QED) is 0.408. The molecule has 0 bridgehead atoms. The highest BCUT2D eigenvalue weighted by Crippen LogP contribution is 2.35. The topological polar surface area (TPSA) is 117 Å². The van der Waals surface area contributed by atoms with Crippen LogP contribution in [0.1, 0.15) is 41.7 Å². The summed E-state index contributed by atoms with van der Waals surface area (Å²) in [7, 11) is 3.66. The number of nitrogens with zero attached hydrogens (tertiary/aromatic N) is 4. The van der Waals surface area contributed by atoms with Crippen molar-refractivity contribution < 1.29 is 17.9 Å². The normalized spacial score (nSPS) is 18.0. The van der Waals surface area contributed by atoms with Gasteiger partial charge in [-0.05, 0) is 51.4 Å². The van der Waals surface area contributed by atoms with Crippen LogP contribution in [-0.4, -0.2) is 87.1 Å². The summed E-state index contributed by atoms with van der Waals surface area (Å²) in [5.74, 6) is 0.464. The number of nitrogens with one attached hydrogen (secondary N) is 2. The summed E-state index contributed by atoms with van der Waals surface area (Å²) in [4.78, 5) is 23.5. The maximum atomic E-state index is 12.6. The molecule has 1 aliphatic rings. The van der Waals surface area contributed by atoms with E-state index in [9.17, 15) is 13.2 Å². The summed E-state index contributed by atoms with van der Waals surface area (Å²) >= 11 is 12.9. The van der Waals surface area contributed by atoms with E-state index in [1.807, 2.05) is 19.0 Å². The number of hydrogen-bond acceptors (Lipinski definition) is 8. The number of amides is 1. The monoisotopic (exact) mass is 586 g/mol. The van der Waals surface area contributed by atoms with Crippen LogP contribution in [0.2, 0.25) is 10.0 Å². The summed E-state index contributed by atoms with van der Waals surface area (Å²) in [6.07, 6.45) is 6.96. The largest absolute Gasteiger partial charge is 0.495 e. The van der Waals surface area contributed by atoms with Crippen molar-refractivity contribution >= 4 is 50.8 Å². The van der Waals surface area contributed by atoms with Crippen molar-refractivity contribution in [3.05, 3.63) is 39.6 Å². The minimum Gasteiger partial charge on any atom is -0.495 e. The second-order valence-electron chi connectivity index (χ2n) is 9.80. The van der Waals surface area contributed by atoms with Crippen LogP contribution in [0.15, 0.2) is 18.3 Å². The lowest BCUT2D eigenvalue weighted by Crippen LogP contribution is -2.43. The van der Waals surface area contributed by atoms with Crippen LogP contribution < -0.4 is 15.4 Å². The molecule has 2 aromatic rings. The first-order chi connectivity index (χ1) is 17.9. The van der Waals surface area contributed by atoms with E-state index in [2.05, 4.69) is 20.6 Å². The highest BCUT2D eigenvalue weighted by Gasteiger charge is 2.33. The third-order valence-electron chi connectivity index (χ3n) is 6.76. The minimum absolute atomic E-state index is 0.0815. The number of methoxy groups -OCH3 is 1. The van der Waals surface area contributed by atoms with E-state index in [-0.39, 0.29) is 28.8 Å². The fourth-order valence-corrected chi connectivity index (χ4v) is 5.79. The Labute approximate surface area is 235 Å². The molecule has 210 valence electrons. The molecule has 1 aromatic carbocycles. The number of likely N-dealkylation sites (N-methyl/N-ethyl adjacent to an activating group) is 1. The number of ether oxygens (including phenoxy) is 1. The predicted octanol–water partition coefficient (Wildman–Crippen LogP) is 3.82. The number of halogens is 2. The van der Waals surface area contributed by atoms with Gasteiger partial charge >= 0.3 is 0 Å². The fourth-order valence-electron chi connectivity index (χ4n) is 4.61. The molecule has 2 N–H and O–H groups in total. The van der Waals surface area contributed by atoms with Gasteiger partial charge in [0.1, 0.15) is 5.75 Å². The molecule has 13 heteroatoms. The standard InChI is InChI=1S/C25H36Cl2N6O4S/c1-32(2)11-10-28-24(34)17-13-23(37-4)21(14-18(17)26)31-25-29-15-19(27)20(30-25)12-16-8-6-7-9-22(16)33(3)38(5,35)36/h13-16,22H,6-12H2,1-5H3,(H,28,34)(H,29,30,31)/t16-,22+/m0/s1. The van der Waals surface area contributed by atoms with Crippen LogP contribution in [0.5, 0.6) is 5.75 Å². The Balaban J connectivity index is 1.81. The van der Waals surface area contributed by atoms with Gasteiger partial charge in [-0.2, -0.15) is 0 Å². The van der Waals surface area contributed by atoms with Gasteiger partial charge in [0.05, 0.1) is 46.6 Å². The van der Waals surface area contributed by atoms with Gasteiger partial charge in [-0.15, -0.1) is 0 Å². The number of benzene rings is 1. The zero-order valence-electron chi connectivity index (χ0n) is 22.4. The van der Waals surface area contributed by atoms with Crippen LogP contribution in [0.25, 0.3) is 0 Å². The molecule has 3 rings (SSSR count). The molecule has 1 fully saturated rings. The first kappa shape index (κ1) is 30.4. The third-order valence-corrected chi connectivity index (χ3v) is 8.70. The molecule has 38 heavy (non-hydrogen) atoms. The summed E-state index contributed by atoms with van der Waals surface area (Å²) in [5, 5.41) is 6.62. The highest BCUT2D eigenvalue weighted by atomic mass is 35.5. The molecule has 1 heterocycles. The Bertz CT molecular complexity index is 1240. The van der Waals surface area contributed by atoms with Crippen molar-refractivity contribution in [1.82, 2.24) is 24.5 Å². The SMILES string of the molecule is COc1cc(C(=O)NCCN(C)C)c(Cl)cc1Nc1ncc(Cl)c(C[C@@H]2CCCC[C@H]2N(C)S(C)(=O)=O)n1. The number of sulfonamides is 1. The molecule has 0 spiro atoms. The molecule has 10 nitrogen and oxygen atoms in total. The number of rotatable bonds is 11. The van der Waals surface area contributed by atoms with Crippen molar-refractivity contribution in [3.8, 4) is 5.75 Å². The van der Waals surface area contributed by atoms with Crippen molar-refractivity contribution in [2.75, 3.05) is 52.9 Å². The number of carbonyl (C=O) groups is 1. The van der Waals surface area contributed by atoms with E-state index < -0.39 is 10.0 Å². The van der Waals surface area contributed by atoms with Gasteiger partial charge in [-0.1, -0.05) is 36.0 Å². The summed E-state index contributed by atoms with van der Waals surface area (Å²) in [5.41, 5.74) is 1.41. The van der Waals surface area contributed by atoms with Crippen molar-refractivity contribution in [3.63, 3.8) is 0 Å². The molecule has 1 aromatic heterocycles. The van der Waals surface area contributed by atoms with E-state index >= 15 is 0 Å². The fraction of sp³-hybridized carbons (Fsp3) is 0.560. The second-order valence-corrected chi connectivity index (χ2v) is 12.7. The van der Waals surface area contributed by atoms with Gasteiger partial charge in [0, 0.05) is 26.2 Å². The van der Waals surface area contributed by atoms with Gasteiger partial charge in [0.15, 0.2) is 0 Å². The van der Waals surface area contributed by atoms with Crippen LogP contribution >= 0.6 is 23.2 Å². The average molecular weight is 588 g/mol. The van der Waals surface area contributed by atoms with Crippen molar-refractivity contribution in [2.45, 2.75) is 38.1 Å². The Morgan fingerprint density at radius 2 is 1.87 bits per heavy atom. The lowest BCUT2D eigenvalue weighted by molar-refractivity contribution is 0.0951. The predicted molar refractivity (Wildman–Crippen MR) is 151 cm³/mol. The second kappa shape index (κ2) is 13.3. The molecule has 0 radical (unpaired) electrons.